The number of benzene rings is 2. The molecule has 0 spiro atoms. The number of hydrogen-bond acceptors (Lipinski definition) is 6. The Kier molecular flexibility index (Phi) is 6.76. The smallest absolute Gasteiger partial charge is 0.292 e. The number of carbonyl (C=O) groups excluding carboxylic acids is 1. The highest BCUT2D eigenvalue weighted by Gasteiger charge is 2.29. The van der Waals surface area contributed by atoms with Crippen LogP contribution < -0.4 is 19.7 Å². The molecule has 1 unspecified atom stereocenters. The molecule has 0 aromatic heterocycles. The zero-order chi connectivity index (χ0) is 21.7. The van der Waals surface area contributed by atoms with Crippen LogP contribution >= 0.6 is 0 Å². The lowest BCUT2D eigenvalue weighted by atomic mass is 9.94. The van der Waals surface area contributed by atoms with E-state index in [9.17, 15) is 14.9 Å². The molecule has 0 aliphatic carbocycles. The van der Waals surface area contributed by atoms with Crippen molar-refractivity contribution in [1.82, 2.24) is 5.32 Å². The fraction of sp³-hybridized carbons (Fsp3) is 0.409. The average Bonchev–Trinajstić information content (AvgIpc) is 2.78. The number of para-hydroxylation sites is 2. The molecule has 30 heavy (non-hydrogen) atoms. The Morgan fingerprint density at radius 1 is 1.17 bits per heavy atom. The van der Waals surface area contributed by atoms with Crippen molar-refractivity contribution in [3.8, 4) is 11.5 Å². The maximum atomic E-state index is 12.8. The molecule has 3 rings (SSSR count). The van der Waals surface area contributed by atoms with Gasteiger partial charge in [0.15, 0.2) is 0 Å². The zero-order valence-electron chi connectivity index (χ0n) is 17.5. The van der Waals surface area contributed by atoms with Crippen LogP contribution in [-0.4, -0.2) is 38.1 Å². The van der Waals surface area contributed by atoms with Gasteiger partial charge in [0.05, 0.1) is 25.2 Å². The molecule has 160 valence electrons. The molecule has 1 amide bonds. The number of nitro groups is 1. The minimum absolute atomic E-state index is 0.0189. The maximum Gasteiger partial charge on any atom is 0.292 e. The van der Waals surface area contributed by atoms with Crippen LogP contribution in [0.4, 0.5) is 11.4 Å². The summed E-state index contributed by atoms with van der Waals surface area (Å²) in [7, 11) is 3.19. The van der Waals surface area contributed by atoms with Crippen molar-refractivity contribution < 1.29 is 19.2 Å². The van der Waals surface area contributed by atoms with Gasteiger partial charge in [0, 0.05) is 30.6 Å². The molecule has 0 saturated carbocycles. The molecule has 8 nitrogen and oxygen atoms in total. The van der Waals surface area contributed by atoms with Crippen LogP contribution in [0.3, 0.4) is 0 Å². The van der Waals surface area contributed by atoms with Gasteiger partial charge < -0.3 is 19.7 Å². The topological polar surface area (TPSA) is 93.9 Å². The summed E-state index contributed by atoms with van der Waals surface area (Å²) in [5.41, 5.74) is 1.55. The summed E-state index contributed by atoms with van der Waals surface area (Å²) in [6.45, 7) is 3.11. The summed E-state index contributed by atoms with van der Waals surface area (Å²) >= 11 is 0. The highest BCUT2D eigenvalue weighted by Crippen LogP contribution is 2.32. The Balaban J connectivity index is 1.63. The van der Waals surface area contributed by atoms with Gasteiger partial charge in [-0.15, -0.1) is 0 Å². The molecule has 0 bridgehead atoms. The van der Waals surface area contributed by atoms with Crippen molar-refractivity contribution in [3.63, 3.8) is 0 Å². The van der Waals surface area contributed by atoms with Crippen molar-refractivity contribution in [3.05, 3.63) is 58.1 Å². The number of nitrogens with zero attached hydrogens (tertiary/aromatic N) is 2. The molecule has 1 aliphatic rings. The Morgan fingerprint density at radius 3 is 2.50 bits per heavy atom. The number of nitrogens with one attached hydrogen (secondary N) is 1. The van der Waals surface area contributed by atoms with Gasteiger partial charge in [-0.1, -0.05) is 12.1 Å². The second-order valence-electron chi connectivity index (χ2n) is 7.35. The third kappa shape index (κ3) is 4.64. The maximum absolute atomic E-state index is 12.8. The van der Waals surface area contributed by atoms with E-state index in [4.69, 9.17) is 9.47 Å². The van der Waals surface area contributed by atoms with E-state index in [0.717, 1.165) is 5.56 Å². The van der Waals surface area contributed by atoms with Crippen LogP contribution in [0.15, 0.2) is 42.5 Å². The first-order valence-corrected chi connectivity index (χ1v) is 9.95. The van der Waals surface area contributed by atoms with Crippen molar-refractivity contribution in [2.75, 3.05) is 32.2 Å². The monoisotopic (exact) mass is 413 g/mol. The van der Waals surface area contributed by atoms with Crippen molar-refractivity contribution in [2.24, 2.45) is 5.92 Å². The van der Waals surface area contributed by atoms with E-state index in [1.807, 2.05) is 30.0 Å². The number of piperidine rings is 1. The van der Waals surface area contributed by atoms with E-state index in [-0.39, 0.29) is 28.5 Å². The van der Waals surface area contributed by atoms with Crippen molar-refractivity contribution in [2.45, 2.75) is 25.8 Å². The molecule has 2 aromatic carbocycles. The fourth-order valence-electron chi connectivity index (χ4n) is 3.86. The summed E-state index contributed by atoms with van der Waals surface area (Å²) in [4.78, 5) is 25.7. The average molecular weight is 413 g/mol. The molecule has 0 radical (unpaired) electrons. The Morgan fingerprint density at radius 2 is 1.87 bits per heavy atom. The molecule has 1 fully saturated rings. The van der Waals surface area contributed by atoms with Gasteiger partial charge >= 0.3 is 0 Å². The molecule has 1 saturated heterocycles. The molecule has 1 N–H and O–H groups in total. The van der Waals surface area contributed by atoms with Gasteiger partial charge in [-0.25, -0.2) is 0 Å². The standard InChI is InChI=1S/C22H27N3O5/c1-15(18-14-17(29-2)8-9-21(18)30-3)23-22(26)16-10-12-24(13-11-16)19-6-4-5-7-20(19)25(27)28/h4-9,14-16H,10-13H2,1-3H3,(H,23,26). The third-order valence-corrected chi connectivity index (χ3v) is 5.55. The highest BCUT2D eigenvalue weighted by molar-refractivity contribution is 5.79. The summed E-state index contributed by atoms with van der Waals surface area (Å²) in [5, 5.41) is 14.4. The Hall–Kier alpha value is -3.29. The molecule has 8 heteroatoms. The van der Waals surface area contributed by atoms with E-state index in [1.54, 1.807) is 32.4 Å². The largest absolute Gasteiger partial charge is 0.497 e. The predicted octanol–water partition coefficient (Wildman–Crippen LogP) is 3.71. The molecule has 1 aliphatic heterocycles. The summed E-state index contributed by atoms with van der Waals surface area (Å²) in [6.07, 6.45) is 1.28. The van der Waals surface area contributed by atoms with Gasteiger partial charge in [0.25, 0.3) is 5.69 Å². The van der Waals surface area contributed by atoms with Crippen LogP contribution in [0.5, 0.6) is 11.5 Å². The van der Waals surface area contributed by atoms with Crippen LogP contribution in [0.1, 0.15) is 31.4 Å². The second kappa shape index (κ2) is 9.47. The van der Waals surface area contributed by atoms with Gasteiger partial charge in [0.1, 0.15) is 17.2 Å². The first kappa shape index (κ1) is 21.4. The van der Waals surface area contributed by atoms with Crippen LogP contribution in [-0.2, 0) is 4.79 Å². The quantitative estimate of drug-likeness (QED) is 0.549. The number of carbonyl (C=O) groups is 1. The van der Waals surface area contributed by atoms with E-state index < -0.39 is 0 Å². The number of hydrogen-bond donors (Lipinski definition) is 1. The highest BCUT2D eigenvalue weighted by atomic mass is 16.6. The van der Waals surface area contributed by atoms with Crippen molar-refractivity contribution >= 4 is 17.3 Å². The summed E-state index contributed by atoms with van der Waals surface area (Å²) in [5.74, 6) is 1.23. The van der Waals surface area contributed by atoms with Gasteiger partial charge in [-0.3, -0.25) is 14.9 Å². The van der Waals surface area contributed by atoms with Crippen molar-refractivity contribution in [1.29, 1.82) is 0 Å². The fourth-order valence-corrected chi connectivity index (χ4v) is 3.86. The summed E-state index contributed by atoms with van der Waals surface area (Å²) < 4.78 is 10.7. The Bertz CT molecular complexity index is 909. The zero-order valence-corrected chi connectivity index (χ0v) is 17.5. The number of rotatable bonds is 7. The number of ether oxygens (including phenoxy) is 2. The normalized spacial score (nSPS) is 15.4. The first-order chi connectivity index (χ1) is 14.4. The number of amides is 1. The number of nitro benzene ring substituents is 1. The van der Waals surface area contributed by atoms with E-state index in [2.05, 4.69) is 5.32 Å². The molecule has 2 aromatic rings. The summed E-state index contributed by atoms with van der Waals surface area (Å²) in [6, 6.07) is 12.0. The SMILES string of the molecule is COc1ccc(OC)c(C(C)NC(=O)C2CCN(c3ccccc3[N+](=O)[O-])CC2)c1. The van der Waals surface area contributed by atoms with Crippen LogP contribution in [0, 0.1) is 16.0 Å². The lowest BCUT2D eigenvalue weighted by Gasteiger charge is -2.33. The van der Waals surface area contributed by atoms with Gasteiger partial charge in [-0.05, 0) is 44.0 Å². The lowest BCUT2D eigenvalue weighted by molar-refractivity contribution is -0.384. The third-order valence-electron chi connectivity index (χ3n) is 5.55. The molecular formula is C22H27N3O5. The minimum atomic E-state index is -0.364. The molecular weight excluding hydrogens is 386 g/mol. The first-order valence-electron chi connectivity index (χ1n) is 9.95. The van der Waals surface area contributed by atoms with Gasteiger partial charge in [0.2, 0.25) is 5.91 Å². The van der Waals surface area contributed by atoms with Crippen LogP contribution in [0.2, 0.25) is 0 Å². The Labute approximate surface area is 175 Å². The second-order valence-corrected chi connectivity index (χ2v) is 7.35. The number of methoxy groups -OCH3 is 2. The molecule has 1 heterocycles. The minimum Gasteiger partial charge on any atom is -0.497 e. The van der Waals surface area contributed by atoms with Crippen LogP contribution in [0.25, 0.3) is 0 Å². The van der Waals surface area contributed by atoms with E-state index in [0.29, 0.717) is 43.1 Å². The van der Waals surface area contributed by atoms with Gasteiger partial charge in [-0.2, -0.15) is 0 Å². The van der Waals surface area contributed by atoms with E-state index in [1.165, 1.54) is 6.07 Å². The number of anilines is 1. The lowest BCUT2D eigenvalue weighted by Crippen LogP contribution is -2.41. The predicted molar refractivity (Wildman–Crippen MR) is 114 cm³/mol. The van der Waals surface area contributed by atoms with E-state index >= 15 is 0 Å². The molecule has 1 atom stereocenters.